The number of aromatic nitrogens is 1. The number of halogens is 1. The molecule has 3 rings (SSSR count). The summed E-state index contributed by atoms with van der Waals surface area (Å²) in [7, 11) is 3.10. The summed E-state index contributed by atoms with van der Waals surface area (Å²) in [5, 5.41) is 7.84. The Morgan fingerprint density at radius 1 is 1.03 bits per heavy atom. The number of benzene rings is 2. The molecule has 0 fully saturated rings. The molecular weight excluding hydrogens is 453 g/mol. The van der Waals surface area contributed by atoms with Gasteiger partial charge in [0.1, 0.15) is 5.82 Å². The first kappa shape index (κ1) is 23.6. The molecule has 2 amide bonds. The topological polar surface area (TPSA) is 89.5 Å². The summed E-state index contributed by atoms with van der Waals surface area (Å²) in [4.78, 5) is 28.7. The molecule has 168 valence electrons. The third kappa shape index (κ3) is 6.96. The highest BCUT2D eigenvalue weighted by Crippen LogP contribution is 2.28. The van der Waals surface area contributed by atoms with Crippen LogP contribution in [0.1, 0.15) is 11.3 Å². The van der Waals surface area contributed by atoms with Crippen molar-refractivity contribution in [3.63, 3.8) is 0 Å². The van der Waals surface area contributed by atoms with E-state index in [1.807, 2.05) is 11.4 Å². The van der Waals surface area contributed by atoms with Crippen LogP contribution in [-0.2, 0) is 21.8 Å². The van der Waals surface area contributed by atoms with Gasteiger partial charge in [-0.1, -0.05) is 6.07 Å². The van der Waals surface area contributed by atoms with Crippen LogP contribution in [0, 0.1) is 5.82 Å². The second kappa shape index (κ2) is 11.5. The highest BCUT2D eigenvalue weighted by molar-refractivity contribution is 7.99. The Morgan fingerprint density at radius 2 is 1.78 bits per heavy atom. The summed E-state index contributed by atoms with van der Waals surface area (Å²) >= 11 is 2.73. The lowest BCUT2D eigenvalue weighted by molar-refractivity contribution is -0.115. The van der Waals surface area contributed by atoms with Crippen molar-refractivity contribution >= 4 is 45.7 Å². The zero-order valence-electron chi connectivity index (χ0n) is 17.5. The minimum Gasteiger partial charge on any atom is -0.493 e. The number of nitrogens with one attached hydrogen (secondary N) is 2. The lowest BCUT2D eigenvalue weighted by atomic mass is 10.1. The fraction of sp³-hybridized carbons (Fsp3) is 0.227. The van der Waals surface area contributed by atoms with Crippen LogP contribution in [0.25, 0.3) is 0 Å². The summed E-state index contributed by atoms with van der Waals surface area (Å²) in [5.74, 6) is 1.20. The molecule has 2 aromatic carbocycles. The van der Waals surface area contributed by atoms with Crippen LogP contribution in [0.4, 0.5) is 15.2 Å². The third-order valence-electron chi connectivity index (χ3n) is 4.22. The van der Waals surface area contributed by atoms with Crippen molar-refractivity contribution in [2.24, 2.45) is 0 Å². The summed E-state index contributed by atoms with van der Waals surface area (Å²) < 4.78 is 23.4. The molecule has 1 heterocycles. The summed E-state index contributed by atoms with van der Waals surface area (Å²) in [6.45, 7) is 0. The molecule has 0 saturated carbocycles. The zero-order chi connectivity index (χ0) is 22.9. The molecule has 0 atom stereocenters. The number of thioether (sulfide) groups is 1. The Kier molecular flexibility index (Phi) is 8.46. The normalized spacial score (nSPS) is 10.5. The second-order valence-electron chi connectivity index (χ2n) is 6.61. The number of hydrogen-bond donors (Lipinski definition) is 2. The number of hydrogen-bond acceptors (Lipinski definition) is 7. The number of rotatable bonds is 10. The molecule has 0 radical (unpaired) electrons. The van der Waals surface area contributed by atoms with E-state index in [-0.39, 0.29) is 29.8 Å². The maximum absolute atomic E-state index is 12.9. The quantitative estimate of drug-likeness (QED) is 0.453. The smallest absolute Gasteiger partial charge is 0.234 e. The van der Waals surface area contributed by atoms with E-state index >= 15 is 0 Å². The standard InChI is InChI=1S/C22H22FN3O4S2/c1-29-18-8-3-14(9-19(18)30-2)10-20(27)26-22-25-17(12-32-22)11-31-13-21(28)24-16-6-4-15(23)5-7-16/h3-9,12H,10-11,13H2,1-2H3,(H,24,28)(H,25,26,27). The Balaban J connectivity index is 1.43. The molecule has 1 aromatic heterocycles. The molecule has 10 heteroatoms. The highest BCUT2D eigenvalue weighted by atomic mass is 32.2. The van der Waals surface area contributed by atoms with Gasteiger partial charge in [0.25, 0.3) is 0 Å². The van der Waals surface area contributed by atoms with Crippen LogP contribution in [0.15, 0.2) is 47.8 Å². The van der Waals surface area contributed by atoms with Gasteiger partial charge in [-0.05, 0) is 42.0 Å². The van der Waals surface area contributed by atoms with Crippen LogP contribution < -0.4 is 20.1 Å². The van der Waals surface area contributed by atoms with Gasteiger partial charge in [-0.3, -0.25) is 9.59 Å². The van der Waals surface area contributed by atoms with Crippen molar-refractivity contribution in [1.29, 1.82) is 0 Å². The average Bonchev–Trinajstić information content (AvgIpc) is 3.22. The van der Waals surface area contributed by atoms with Gasteiger partial charge >= 0.3 is 0 Å². The van der Waals surface area contributed by atoms with Crippen LogP contribution in [0.2, 0.25) is 0 Å². The van der Waals surface area contributed by atoms with E-state index in [0.717, 1.165) is 11.3 Å². The molecule has 0 saturated heterocycles. The molecule has 3 aromatic rings. The van der Waals surface area contributed by atoms with Gasteiger partial charge in [-0.15, -0.1) is 23.1 Å². The fourth-order valence-electron chi connectivity index (χ4n) is 2.75. The number of ether oxygens (including phenoxy) is 2. The van der Waals surface area contributed by atoms with E-state index < -0.39 is 0 Å². The van der Waals surface area contributed by atoms with Crippen LogP contribution in [0.5, 0.6) is 11.5 Å². The van der Waals surface area contributed by atoms with Gasteiger partial charge in [-0.2, -0.15) is 0 Å². The van der Waals surface area contributed by atoms with Crippen molar-refractivity contribution in [3.05, 3.63) is 64.9 Å². The van der Waals surface area contributed by atoms with E-state index in [2.05, 4.69) is 15.6 Å². The molecule has 7 nitrogen and oxygen atoms in total. The second-order valence-corrected chi connectivity index (χ2v) is 8.45. The summed E-state index contributed by atoms with van der Waals surface area (Å²) in [5.41, 5.74) is 2.11. The van der Waals surface area contributed by atoms with Gasteiger partial charge in [0.15, 0.2) is 16.6 Å². The third-order valence-corrected chi connectivity index (χ3v) is 5.99. The van der Waals surface area contributed by atoms with Gasteiger partial charge < -0.3 is 20.1 Å². The Bertz CT molecular complexity index is 1070. The first-order chi connectivity index (χ1) is 15.5. The maximum Gasteiger partial charge on any atom is 0.234 e. The van der Waals surface area contributed by atoms with Gasteiger partial charge in [0.05, 0.1) is 32.1 Å². The van der Waals surface area contributed by atoms with Gasteiger partial charge in [0.2, 0.25) is 11.8 Å². The van der Waals surface area contributed by atoms with Crippen molar-refractivity contribution < 1.29 is 23.5 Å². The van der Waals surface area contributed by atoms with Gasteiger partial charge in [-0.25, -0.2) is 9.37 Å². The predicted octanol–water partition coefficient (Wildman–Crippen LogP) is 4.35. The molecule has 0 bridgehead atoms. The largest absolute Gasteiger partial charge is 0.493 e. The minimum atomic E-state index is -0.354. The molecule has 2 N–H and O–H groups in total. The van der Waals surface area contributed by atoms with E-state index in [0.29, 0.717) is 28.1 Å². The van der Waals surface area contributed by atoms with Crippen LogP contribution in [0.3, 0.4) is 0 Å². The van der Waals surface area contributed by atoms with Crippen molar-refractivity contribution in [2.75, 3.05) is 30.6 Å². The number of methoxy groups -OCH3 is 2. The number of carbonyl (C=O) groups is 2. The number of anilines is 2. The van der Waals surface area contributed by atoms with Crippen LogP contribution >= 0.6 is 23.1 Å². The summed E-state index contributed by atoms with van der Waals surface area (Å²) in [6.07, 6.45) is 0.174. The minimum absolute atomic E-state index is 0.174. The van der Waals surface area contributed by atoms with Crippen LogP contribution in [-0.4, -0.2) is 36.8 Å². The lowest BCUT2D eigenvalue weighted by Crippen LogP contribution is -2.14. The first-order valence-corrected chi connectivity index (χ1v) is 11.6. The van der Waals surface area contributed by atoms with E-state index in [1.165, 1.54) is 47.4 Å². The highest BCUT2D eigenvalue weighted by Gasteiger charge is 2.11. The monoisotopic (exact) mass is 475 g/mol. The number of nitrogens with zero attached hydrogens (tertiary/aromatic N) is 1. The predicted molar refractivity (Wildman–Crippen MR) is 125 cm³/mol. The molecule has 0 aliphatic carbocycles. The van der Waals surface area contributed by atoms with E-state index in [1.54, 1.807) is 26.4 Å². The fourth-order valence-corrected chi connectivity index (χ4v) is 4.30. The molecular formula is C22H22FN3O4S2. The Labute approximate surface area is 193 Å². The van der Waals surface area contributed by atoms with Crippen molar-refractivity contribution in [1.82, 2.24) is 4.98 Å². The lowest BCUT2D eigenvalue weighted by Gasteiger charge is -2.09. The Morgan fingerprint density at radius 3 is 2.50 bits per heavy atom. The number of thiazole rings is 1. The van der Waals surface area contributed by atoms with Gasteiger partial charge in [0, 0.05) is 16.8 Å². The maximum atomic E-state index is 12.9. The van der Waals surface area contributed by atoms with Crippen molar-refractivity contribution in [3.8, 4) is 11.5 Å². The molecule has 0 aliphatic heterocycles. The van der Waals surface area contributed by atoms with Crippen molar-refractivity contribution in [2.45, 2.75) is 12.2 Å². The van der Waals surface area contributed by atoms with E-state index in [9.17, 15) is 14.0 Å². The molecule has 0 spiro atoms. The molecule has 32 heavy (non-hydrogen) atoms. The number of carbonyl (C=O) groups excluding carboxylic acids is 2. The SMILES string of the molecule is COc1ccc(CC(=O)Nc2nc(CSCC(=O)Nc3ccc(F)cc3)cs2)cc1OC. The average molecular weight is 476 g/mol. The summed E-state index contributed by atoms with van der Waals surface area (Å²) in [6, 6.07) is 10.9. The Hall–Kier alpha value is -3.11. The molecule has 0 aliphatic rings. The number of amides is 2. The zero-order valence-corrected chi connectivity index (χ0v) is 19.1. The van der Waals surface area contributed by atoms with E-state index in [4.69, 9.17) is 9.47 Å². The molecule has 0 unspecified atom stereocenters. The first-order valence-electron chi connectivity index (χ1n) is 9.55.